The summed E-state index contributed by atoms with van der Waals surface area (Å²) in [5, 5.41) is 3.86. The van der Waals surface area contributed by atoms with Crippen LogP contribution in [-0.2, 0) is 13.0 Å². The lowest BCUT2D eigenvalue weighted by molar-refractivity contribution is 0.630. The van der Waals surface area contributed by atoms with Gasteiger partial charge in [-0.2, -0.15) is 5.10 Å². The van der Waals surface area contributed by atoms with Gasteiger partial charge in [0, 0.05) is 19.2 Å². The zero-order chi connectivity index (χ0) is 17.9. The van der Waals surface area contributed by atoms with Gasteiger partial charge in [-0.25, -0.2) is 18.9 Å². The highest BCUT2D eigenvalue weighted by Gasteiger charge is 2.19. The average molecular weight is 352 g/mol. The molecule has 3 N–H and O–H groups in total. The van der Waals surface area contributed by atoms with E-state index in [0.717, 1.165) is 36.7 Å². The third-order valence-corrected chi connectivity index (χ3v) is 4.12. The van der Waals surface area contributed by atoms with Crippen LogP contribution in [0.3, 0.4) is 0 Å². The molecule has 4 aromatic heterocycles. The monoisotopic (exact) mass is 352 g/mol. The number of imidazole rings is 1. The minimum atomic E-state index is -0.236. The molecule has 0 bridgehead atoms. The smallest absolute Gasteiger partial charge is 0.149 e. The molecule has 1 aliphatic rings. The minimum absolute atomic E-state index is 0.236. The van der Waals surface area contributed by atoms with Crippen molar-refractivity contribution in [3.05, 3.63) is 66.5 Å². The number of rotatable bonds is 1. The zero-order valence-corrected chi connectivity index (χ0v) is 13.9. The van der Waals surface area contributed by atoms with Crippen molar-refractivity contribution in [2.75, 3.05) is 17.2 Å². The fourth-order valence-electron chi connectivity index (χ4n) is 2.85. The van der Waals surface area contributed by atoms with E-state index in [1.807, 2.05) is 0 Å². The Morgan fingerprint density at radius 3 is 3.00 bits per heavy atom. The molecule has 5 rings (SSSR count). The first kappa shape index (κ1) is 16.0. The molecule has 0 saturated heterocycles. The highest BCUT2D eigenvalue weighted by atomic mass is 19.1. The summed E-state index contributed by atoms with van der Waals surface area (Å²) in [4.78, 5) is 17.9. The van der Waals surface area contributed by atoms with Gasteiger partial charge in [0.05, 0.1) is 42.9 Å². The van der Waals surface area contributed by atoms with Gasteiger partial charge in [-0.15, -0.1) is 0 Å². The summed E-state index contributed by atoms with van der Waals surface area (Å²) >= 11 is 0. The molecule has 8 nitrogen and oxygen atoms in total. The van der Waals surface area contributed by atoms with E-state index in [1.165, 1.54) is 10.6 Å². The predicted octanol–water partition coefficient (Wildman–Crippen LogP) is 1.82. The van der Waals surface area contributed by atoms with Crippen molar-refractivity contribution in [3.63, 3.8) is 0 Å². The largest absolute Gasteiger partial charge is 0.382 e. The highest BCUT2D eigenvalue weighted by Crippen LogP contribution is 2.20. The zero-order valence-electron chi connectivity index (χ0n) is 13.9. The van der Waals surface area contributed by atoms with Gasteiger partial charge in [0.1, 0.15) is 23.0 Å². The number of H-pyrrole nitrogens is 1. The second kappa shape index (κ2) is 6.79. The Balaban J connectivity index is 0.000000144. The summed E-state index contributed by atoms with van der Waals surface area (Å²) in [5.41, 5.74) is 8.43. The highest BCUT2D eigenvalue weighted by molar-refractivity contribution is 5.46. The lowest BCUT2D eigenvalue weighted by Crippen LogP contribution is -2.31. The van der Waals surface area contributed by atoms with E-state index < -0.39 is 0 Å². The SMILES string of the molecule is Fc1cccn2nccc12.Nc1cncc(N2CCc3nc[nH]c3C2)n1. The van der Waals surface area contributed by atoms with E-state index in [9.17, 15) is 4.39 Å². The number of nitrogens with one attached hydrogen (secondary N) is 1. The lowest BCUT2D eigenvalue weighted by Gasteiger charge is -2.26. The molecule has 9 heteroatoms. The fourth-order valence-corrected chi connectivity index (χ4v) is 2.85. The topological polar surface area (TPSA) is 101 Å². The molecule has 5 heterocycles. The number of hydrogen-bond donors (Lipinski definition) is 2. The van der Waals surface area contributed by atoms with Gasteiger partial charge in [0.15, 0.2) is 0 Å². The molecule has 0 radical (unpaired) electrons. The number of anilines is 2. The maximum absolute atomic E-state index is 12.8. The molecular formula is C17H17FN8. The molecule has 0 amide bonds. The van der Waals surface area contributed by atoms with E-state index in [2.05, 4.69) is 29.9 Å². The van der Waals surface area contributed by atoms with Crippen molar-refractivity contribution < 1.29 is 4.39 Å². The first-order valence-electron chi connectivity index (χ1n) is 8.12. The third kappa shape index (κ3) is 3.18. The summed E-state index contributed by atoms with van der Waals surface area (Å²) < 4.78 is 14.3. The number of nitrogens with two attached hydrogens (primary N) is 1. The Bertz CT molecular complexity index is 1020. The Kier molecular flexibility index (Phi) is 4.18. The third-order valence-electron chi connectivity index (χ3n) is 4.12. The molecule has 0 aliphatic carbocycles. The maximum atomic E-state index is 12.8. The van der Waals surface area contributed by atoms with E-state index >= 15 is 0 Å². The molecule has 0 atom stereocenters. The van der Waals surface area contributed by atoms with Crippen LogP contribution in [-0.4, -0.2) is 36.1 Å². The van der Waals surface area contributed by atoms with Crippen LogP contribution in [0.5, 0.6) is 0 Å². The number of hydrogen-bond acceptors (Lipinski definition) is 6. The van der Waals surface area contributed by atoms with Crippen molar-refractivity contribution in [1.82, 2.24) is 29.5 Å². The fraction of sp³-hybridized carbons (Fsp3) is 0.176. The number of aromatic nitrogens is 6. The number of aromatic amines is 1. The van der Waals surface area contributed by atoms with Gasteiger partial charge in [-0.05, 0) is 18.2 Å². The van der Waals surface area contributed by atoms with Crippen LogP contribution in [0.15, 0.2) is 49.3 Å². The van der Waals surface area contributed by atoms with Crippen LogP contribution in [0.4, 0.5) is 16.0 Å². The quantitative estimate of drug-likeness (QED) is 0.542. The standard InChI is InChI=1S/C10H12N6.C7H5FN2/c11-9-3-12-4-10(15-9)16-2-1-7-8(5-16)14-6-13-7;8-6-2-1-5-10-7(6)3-4-9-10/h3-4,6H,1-2,5H2,(H2,11,15)(H,13,14);1-5H. The number of nitrogens with zero attached hydrogens (tertiary/aromatic N) is 6. The second-order valence-electron chi connectivity index (χ2n) is 5.82. The first-order chi connectivity index (χ1) is 12.7. The van der Waals surface area contributed by atoms with Crippen LogP contribution in [0.1, 0.15) is 11.4 Å². The van der Waals surface area contributed by atoms with Crippen molar-refractivity contribution in [2.24, 2.45) is 0 Å². The Hall–Kier alpha value is -3.49. The molecule has 0 unspecified atom stereocenters. The molecule has 26 heavy (non-hydrogen) atoms. The normalized spacial score (nSPS) is 13.2. The number of halogens is 1. The van der Waals surface area contributed by atoms with E-state index in [0.29, 0.717) is 11.3 Å². The van der Waals surface area contributed by atoms with Crippen molar-refractivity contribution >= 4 is 17.2 Å². The second-order valence-corrected chi connectivity index (χ2v) is 5.82. The summed E-state index contributed by atoms with van der Waals surface area (Å²) in [6, 6.07) is 4.67. The molecule has 0 spiro atoms. The molecule has 1 aliphatic heterocycles. The van der Waals surface area contributed by atoms with Gasteiger partial charge in [-0.1, -0.05) is 0 Å². The van der Waals surface area contributed by atoms with Crippen LogP contribution in [0, 0.1) is 5.82 Å². The van der Waals surface area contributed by atoms with E-state index in [-0.39, 0.29) is 5.82 Å². The van der Waals surface area contributed by atoms with Crippen molar-refractivity contribution in [3.8, 4) is 0 Å². The first-order valence-corrected chi connectivity index (χ1v) is 8.12. The van der Waals surface area contributed by atoms with Gasteiger partial charge < -0.3 is 15.6 Å². The summed E-state index contributed by atoms with van der Waals surface area (Å²) in [5.74, 6) is 1.04. The molecule has 0 aromatic carbocycles. The number of nitrogen functional groups attached to an aromatic ring is 1. The van der Waals surface area contributed by atoms with Crippen LogP contribution in [0.2, 0.25) is 0 Å². The lowest BCUT2D eigenvalue weighted by atomic mass is 10.1. The molecule has 0 fully saturated rings. The molecular weight excluding hydrogens is 335 g/mol. The van der Waals surface area contributed by atoms with Crippen molar-refractivity contribution in [1.29, 1.82) is 0 Å². The van der Waals surface area contributed by atoms with Gasteiger partial charge >= 0.3 is 0 Å². The van der Waals surface area contributed by atoms with Gasteiger partial charge in [0.2, 0.25) is 0 Å². The predicted molar refractivity (Wildman–Crippen MR) is 94.9 cm³/mol. The van der Waals surface area contributed by atoms with Crippen LogP contribution >= 0.6 is 0 Å². The Morgan fingerprint density at radius 2 is 2.15 bits per heavy atom. The molecule has 0 saturated carbocycles. The number of pyridine rings is 1. The summed E-state index contributed by atoms with van der Waals surface area (Å²) in [6.45, 7) is 1.68. The Labute approximate surface area is 148 Å². The summed E-state index contributed by atoms with van der Waals surface area (Å²) in [7, 11) is 0. The van der Waals surface area contributed by atoms with Gasteiger partial charge in [0.25, 0.3) is 0 Å². The van der Waals surface area contributed by atoms with Crippen LogP contribution < -0.4 is 10.6 Å². The summed E-state index contributed by atoms with van der Waals surface area (Å²) in [6.07, 6.45) is 9.22. The van der Waals surface area contributed by atoms with Gasteiger partial charge in [-0.3, -0.25) is 4.98 Å². The maximum Gasteiger partial charge on any atom is 0.149 e. The number of fused-ring (bicyclic) bond motifs is 2. The van der Waals surface area contributed by atoms with Crippen LogP contribution in [0.25, 0.3) is 5.52 Å². The van der Waals surface area contributed by atoms with E-state index in [1.54, 1.807) is 43.2 Å². The minimum Gasteiger partial charge on any atom is -0.382 e. The average Bonchev–Trinajstić information content (AvgIpc) is 3.31. The molecule has 132 valence electrons. The molecule has 4 aromatic rings. The van der Waals surface area contributed by atoms with E-state index in [4.69, 9.17) is 5.73 Å². The van der Waals surface area contributed by atoms with Crippen molar-refractivity contribution in [2.45, 2.75) is 13.0 Å². The Morgan fingerprint density at radius 1 is 1.23 bits per heavy atom.